The first-order valence-corrected chi connectivity index (χ1v) is 7.02. The van der Waals surface area contributed by atoms with Gasteiger partial charge in [-0.05, 0) is 61.4 Å². The average Bonchev–Trinajstić information content (AvgIpc) is 2.44. The van der Waals surface area contributed by atoms with Crippen LogP contribution in [-0.4, -0.2) is 12.4 Å². The van der Waals surface area contributed by atoms with Gasteiger partial charge >= 0.3 is 0 Å². The van der Waals surface area contributed by atoms with Crippen molar-refractivity contribution in [3.05, 3.63) is 64.2 Å². The molecule has 0 heterocycles. The van der Waals surface area contributed by atoms with E-state index in [1.807, 2.05) is 31.2 Å². The molecular weight excluding hydrogens is 272 g/mol. The van der Waals surface area contributed by atoms with Crippen LogP contribution in [0.1, 0.15) is 34.8 Å². The highest BCUT2D eigenvalue weighted by molar-refractivity contribution is 6.31. The summed E-state index contributed by atoms with van der Waals surface area (Å²) in [5.74, 6) is 0.753. The molecule has 0 unspecified atom stereocenters. The van der Waals surface area contributed by atoms with Gasteiger partial charge in [0.25, 0.3) is 0 Å². The van der Waals surface area contributed by atoms with Gasteiger partial charge in [-0.2, -0.15) is 0 Å². The lowest BCUT2D eigenvalue weighted by Gasteiger charge is -2.06. The fourth-order valence-electron chi connectivity index (χ4n) is 1.96. The molecule has 0 atom stereocenters. The molecule has 0 aliphatic carbocycles. The van der Waals surface area contributed by atoms with Gasteiger partial charge in [0.2, 0.25) is 0 Å². The first-order valence-electron chi connectivity index (χ1n) is 6.65. The first kappa shape index (κ1) is 14.6. The second-order valence-corrected chi connectivity index (χ2v) is 5.16. The minimum Gasteiger partial charge on any atom is -0.494 e. The Hall–Kier alpha value is -1.80. The summed E-state index contributed by atoms with van der Waals surface area (Å²) in [5.41, 5.74) is 2.22. The van der Waals surface area contributed by atoms with E-state index in [2.05, 4.69) is 6.92 Å². The van der Waals surface area contributed by atoms with Crippen molar-refractivity contribution in [1.82, 2.24) is 0 Å². The third-order valence-electron chi connectivity index (χ3n) is 2.89. The Balaban J connectivity index is 2.20. The SMILES string of the molecule is CCCOc1ccc(C(=O)c2cc(C)cc(Cl)c2)cc1. The summed E-state index contributed by atoms with van der Waals surface area (Å²) in [5, 5.41) is 0.580. The minimum atomic E-state index is -0.0300. The number of hydrogen-bond donors (Lipinski definition) is 0. The van der Waals surface area contributed by atoms with Crippen LogP contribution in [-0.2, 0) is 0 Å². The van der Waals surface area contributed by atoms with Gasteiger partial charge in [0.05, 0.1) is 6.61 Å². The number of benzene rings is 2. The second kappa shape index (κ2) is 6.58. The van der Waals surface area contributed by atoms with Crippen molar-refractivity contribution in [2.45, 2.75) is 20.3 Å². The van der Waals surface area contributed by atoms with Gasteiger partial charge in [0.15, 0.2) is 5.78 Å². The molecule has 0 spiro atoms. The zero-order valence-corrected chi connectivity index (χ0v) is 12.4. The summed E-state index contributed by atoms with van der Waals surface area (Å²) in [4.78, 5) is 12.4. The molecule has 2 aromatic rings. The normalized spacial score (nSPS) is 10.3. The summed E-state index contributed by atoms with van der Waals surface area (Å²) < 4.78 is 5.50. The molecule has 0 aliphatic rings. The predicted octanol–water partition coefficient (Wildman–Crippen LogP) is 4.67. The van der Waals surface area contributed by atoms with Gasteiger partial charge < -0.3 is 4.74 Å². The summed E-state index contributed by atoms with van der Waals surface area (Å²) in [6.45, 7) is 4.66. The van der Waals surface area contributed by atoms with E-state index in [0.717, 1.165) is 17.7 Å². The summed E-state index contributed by atoms with van der Waals surface area (Å²) in [6.07, 6.45) is 0.961. The van der Waals surface area contributed by atoms with Crippen LogP contribution in [0, 0.1) is 6.92 Å². The maximum Gasteiger partial charge on any atom is 0.193 e. The molecule has 2 nitrogen and oxygen atoms in total. The number of halogens is 1. The lowest BCUT2D eigenvalue weighted by Crippen LogP contribution is -2.02. The third kappa shape index (κ3) is 3.61. The average molecular weight is 289 g/mol. The molecule has 2 rings (SSSR count). The van der Waals surface area contributed by atoms with Crippen LogP contribution in [0.25, 0.3) is 0 Å². The van der Waals surface area contributed by atoms with E-state index in [4.69, 9.17) is 16.3 Å². The molecule has 0 bridgehead atoms. The van der Waals surface area contributed by atoms with Crippen LogP contribution in [0.15, 0.2) is 42.5 Å². The van der Waals surface area contributed by atoms with Crippen LogP contribution in [0.5, 0.6) is 5.75 Å². The molecule has 0 aromatic heterocycles. The first-order chi connectivity index (χ1) is 9.60. The van der Waals surface area contributed by atoms with E-state index in [-0.39, 0.29) is 5.78 Å². The van der Waals surface area contributed by atoms with Crippen molar-refractivity contribution in [2.75, 3.05) is 6.61 Å². The Morgan fingerprint density at radius 1 is 1.10 bits per heavy atom. The third-order valence-corrected chi connectivity index (χ3v) is 3.11. The quantitative estimate of drug-likeness (QED) is 0.748. The molecule has 0 saturated heterocycles. The predicted molar refractivity (Wildman–Crippen MR) is 81.8 cm³/mol. The topological polar surface area (TPSA) is 26.3 Å². The van der Waals surface area contributed by atoms with Crippen molar-refractivity contribution < 1.29 is 9.53 Å². The fourth-order valence-corrected chi connectivity index (χ4v) is 2.25. The summed E-state index contributed by atoms with van der Waals surface area (Å²) in [7, 11) is 0. The summed E-state index contributed by atoms with van der Waals surface area (Å²) in [6, 6.07) is 12.6. The van der Waals surface area contributed by atoms with Gasteiger partial charge in [-0.3, -0.25) is 4.79 Å². The smallest absolute Gasteiger partial charge is 0.193 e. The number of hydrogen-bond acceptors (Lipinski definition) is 2. The van der Waals surface area contributed by atoms with E-state index < -0.39 is 0 Å². The second-order valence-electron chi connectivity index (χ2n) is 4.72. The zero-order chi connectivity index (χ0) is 14.5. The Morgan fingerprint density at radius 3 is 2.40 bits per heavy atom. The molecule has 0 amide bonds. The van der Waals surface area contributed by atoms with E-state index in [1.54, 1.807) is 18.2 Å². The highest BCUT2D eigenvalue weighted by Gasteiger charge is 2.10. The monoisotopic (exact) mass is 288 g/mol. The van der Waals surface area contributed by atoms with Crippen molar-refractivity contribution >= 4 is 17.4 Å². The Morgan fingerprint density at radius 2 is 1.80 bits per heavy atom. The molecule has 0 aliphatic heterocycles. The molecule has 104 valence electrons. The van der Waals surface area contributed by atoms with Gasteiger partial charge in [0, 0.05) is 16.1 Å². The Labute approximate surface area is 124 Å². The highest BCUT2D eigenvalue weighted by Crippen LogP contribution is 2.19. The Kier molecular flexibility index (Phi) is 4.80. The van der Waals surface area contributed by atoms with Crippen molar-refractivity contribution in [3.8, 4) is 5.75 Å². The van der Waals surface area contributed by atoms with Crippen LogP contribution in [0.4, 0.5) is 0 Å². The van der Waals surface area contributed by atoms with E-state index in [9.17, 15) is 4.79 Å². The van der Waals surface area contributed by atoms with Gasteiger partial charge in [-0.1, -0.05) is 18.5 Å². The number of rotatable bonds is 5. The highest BCUT2D eigenvalue weighted by atomic mass is 35.5. The van der Waals surface area contributed by atoms with Crippen molar-refractivity contribution in [1.29, 1.82) is 0 Å². The molecule has 0 N–H and O–H groups in total. The lowest BCUT2D eigenvalue weighted by atomic mass is 10.0. The molecule has 0 fully saturated rings. The zero-order valence-electron chi connectivity index (χ0n) is 11.7. The molecule has 3 heteroatoms. The van der Waals surface area contributed by atoms with Crippen molar-refractivity contribution in [2.24, 2.45) is 0 Å². The van der Waals surface area contributed by atoms with Crippen LogP contribution >= 0.6 is 11.6 Å². The Bertz CT molecular complexity index is 583. The molecular formula is C17H17ClO2. The maximum atomic E-state index is 12.4. The number of carbonyl (C=O) groups excluding carboxylic acids is 1. The molecule has 2 aromatic carbocycles. The van der Waals surface area contributed by atoms with Crippen molar-refractivity contribution in [3.63, 3.8) is 0 Å². The fraction of sp³-hybridized carbons (Fsp3) is 0.235. The number of aryl methyl sites for hydroxylation is 1. The van der Waals surface area contributed by atoms with Gasteiger partial charge in [0.1, 0.15) is 5.75 Å². The van der Waals surface area contributed by atoms with Gasteiger partial charge in [-0.25, -0.2) is 0 Å². The van der Waals surface area contributed by atoms with Crippen LogP contribution in [0.2, 0.25) is 5.02 Å². The minimum absolute atomic E-state index is 0.0300. The van der Waals surface area contributed by atoms with E-state index in [0.29, 0.717) is 22.8 Å². The maximum absolute atomic E-state index is 12.4. The number of ketones is 1. The molecule has 0 saturated carbocycles. The summed E-state index contributed by atoms with van der Waals surface area (Å²) >= 11 is 5.99. The largest absolute Gasteiger partial charge is 0.494 e. The van der Waals surface area contributed by atoms with Gasteiger partial charge in [-0.15, -0.1) is 0 Å². The van der Waals surface area contributed by atoms with E-state index >= 15 is 0 Å². The number of ether oxygens (including phenoxy) is 1. The molecule has 0 radical (unpaired) electrons. The number of carbonyl (C=O) groups is 1. The molecule has 20 heavy (non-hydrogen) atoms. The van der Waals surface area contributed by atoms with E-state index in [1.165, 1.54) is 0 Å². The standard InChI is InChI=1S/C17H17ClO2/c1-3-8-20-16-6-4-13(5-7-16)17(19)14-9-12(2)10-15(18)11-14/h4-7,9-11H,3,8H2,1-2H3. The van der Waals surface area contributed by atoms with Crippen LogP contribution < -0.4 is 4.74 Å². The lowest BCUT2D eigenvalue weighted by molar-refractivity contribution is 0.103. The van der Waals surface area contributed by atoms with Crippen LogP contribution in [0.3, 0.4) is 0 Å².